The molecular formula is C18H25N3O2S2. The number of rotatable bonds is 5. The van der Waals surface area contributed by atoms with E-state index in [0.717, 1.165) is 24.9 Å². The summed E-state index contributed by atoms with van der Waals surface area (Å²) in [7, 11) is 0. The van der Waals surface area contributed by atoms with Crippen LogP contribution in [0.25, 0.3) is 10.2 Å². The number of carbonyl (C=O) groups is 1. The van der Waals surface area contributed by atoms with Crippen LogP contribution in [0.4, 0.5) is 0 Å². The van der Waals surface area contributed by atoms with Gasteiger partial charge in [0.15, 0.2) is 5.16 Å². The molecule has 1 atom stereocenters. The first-order valence-corrected chi connectivity index (χ1v) is 10.7. The van der Waals surface area contributed by atoms with E-state index in [1.807, 2.05) is 16.3 Å². The van der Waals surface area contributed by atoms with Gasteiger partial charge in [0.05, 0.1) is 11.3 Å². The second-order valence-corrected chi connectivity index (χ2v) is 8.92. The van der Waals surface area contributed by atoms with Crippen molar-refractivity contribution in [2.24, 2.45) is 5.92 Å². The molecule has 0 aromatic carbocycles. The van der Waals surface area contributed by atoms with Gasteiger partial charge in [-0.05, 0) is 43.6 Å². The maximum absolute atomic E-state index is 12.8. The lowest BCUT2D eigenvalue weighted by Gasteiger charge is -2.33. The number of hydrogen-bond donors (Lipinski definition) is 0. The zero-order valence-corrected chi connectivity index (χ0v) is 16.7. The van der Waals surface area contributed by atoms with Crippen LogP contribution < -0.4 is 5.56 Å². The highest BCUT2D eigenvalue weighted by atomic mass is 32.2. The Morgan fingerprint density at radius 1 is 1.44 bits per heavy atom. The molecule has 2 aromatic rings. The fraction of sp³-hybridized carbons (Fsp3) is 0.611. The molecule has 136 valence electrons. The van der Waals surface area contributed by atoms with Crippen LogP contribution >= 0.6 is 23.1 Å². The van der Waals surface area contributed by atoms with E-state index in [9.17, 15) is 9.59 Å². The lowest BCUT2D eigenvalue weighted by Crippen LogP contribution is -2.43. The highest BCUT2D eigenvalue weighted by molar-refractivity contribution is 7.99. The van der Waals surface area contributed by atoms with Crippen molar-refractivity contribution in [1.82, 2.24) is 14.5 Å². The minimum atomic E-state index is 0.00925. The Morgan fingerprint density at radius 3 is 2.96 bits per heavy atom. The van der Waals surface area contributed by atoms with Crippen molar-refractivity contribution < 1.29 is 4.79 Å². The predicted octanol–water partition coefficient (Wildman–Crippen LogP) is 3.61. The highest BCUT2D eigenvalue weighted by Gasteiger charge is 2.24. The van der Waals surface area contributed by atoms with E-state index >= 15 is 0 Å². The van der Waals surface area contributed by atoms with E-state index in [4.69, 9.17) is 0 Å². The van der Waals surface area contributed by atoms with Crippen molar-refractivity contribution in [3.8, 4) is 0 Å². The number of piperidine rings is 1. The van der Waals surface area contributed by atoms with Crippen molar-refractivity contribution in [2.75, 3.05) is 12.3 Å². The van der Waals surface area contributed by atoms with Gasteiger partial charge in [0, 0.05) is 19.1 Å². The molecular weight excluding hydrogens is 354 g/mol. The van der Waals surface area contributed by atoms with Crippen LogP contribution in [0.3, 0.4) is 0 Å². The molecule has 3 rings (SSSR count). The number of nitrogens with zero attached hydrogens (tertiary/aromatic N) is 3. The second kappa shape index (κ2) is 7.91. The fourth-order valence-corrected chi connectivity index (χ4v) is 4.91. The third kappa shape index (κ3) is 4.08. The maximum atomic E-state index is 12.8. The van der Waals surface area contributed by atoms with E-state index in [1.165, 1.54) is 29.5 Å². The van der Waals surface area contributed by atoms with Crippen LogP contribution in [0.5, 0.6) is 0 Å². The molecule has 0 N–H and O–H groups in total. The van der Waals surface area contributed by atoms with Gasteiger partial charge in [-0.2, -0.15) is 0 Å². The molecule has 0 saturated carbocycles. The molecule has 1 saturated heterocycles. The van der Waals surface area contributed by atoms with Gasteiger partial charge in [-0.1, -0.05) is 25.6 Å². The number of amides is 1. The van der Waals surface area contributed by atoms with E-state index in [1.54, 1.807) is 4.57 Å². The molecule has 2 aromatic heterocycles. The van der Waals surface area contributed by atoms with E-state index in [-0.39, 0.29) is 11.5 Å². The third-order valence-electron chi connectivity index (χ3n) is 4.53. The molecule has 1 fully saturated rings. The first-order valence-electron chi connectivity index (χ1n) is 8.87. The standard InChI is InChI=1S/C18H25N3O2S2/c1-12(2)10-21-17(23)16-14(7-9-24-16)19-18(21)25-11-15(22)20-8-5-4-6-13(20)3/h7,9,12-13H,4-6,8,10-11H2,1-3H3. The van der Waals surface area contributed by atoms with Crippen molar-refractivity contribution >= 4 is 39.2 Å². The molecule has 25 heavy (non-hydrogen) atoms. The van der Waals surface area contributed by atoms with Gasteiger partial charge in [0.25, 0.3) is 5.56 Å². The zero-order valence-electron chi connectivity index (χ0n) is 15.0. The molecule has 0 bridgehead atoms. The van der Waals surface area contributed by atoms with Crippen LogP contribution in [0, 0.1) is 5.92 Å². The maximum Gasteiger partial charge on any atom is 0.272 e. The van der Waals surface area contributed by atoms with Crippen molar-refractivity contribution in [3.05, 3.63) is 21.8 Å². The Bertz CT molecular complexity index is 812. The summed E-state index contributed by atoms with van der Waals surface area (Å²) in [4.78, 5) is 32.0. The van der Waals surface area contributed by atoms with Gasteiger partial charge < -0.3 is 4.90 Å². The molecule has 1 amide bonds. The van der Waals surface area contributed by atoms with Crippen LogP contribution in [0.1, 0.15) is 40.0 Å². The van der Waals surface area contributed by atoms with Gasteiger partial charge in [-0.15, -0.1) is 11.3 Å². The van der Waals surface area contributed by atoms with Crippen molar-refractivity contribution in [3.63, 3.8) is 0 Å². The fourth-order valence-electron chi connectivity index (χ4n) is 3.24. The molecule has 7 heteroatoms. The smallest absolute Gasteiger partial charge is 0.272 e. The number of fused-ring (bicyclic) bond motifs is 1. The Hall–Kier alpha value is -1.34. The van der Waals surface area contributed by atoms with Crippen LogP contribution in [0.15, 0.2) is 21.4 Å². The number of thioether (sulfide) groups is 1. The number of hydrogen-bond acceptors (Lipinski definition) is 5. The lowest BCUT2D eigenvalue weighted by molar-refractivity contribution is -0.131. The molecule has 1 aliphatic rings. The Morgan fingerprint density at radius 2 is 2.24 bits per heavy atom. The van der Waals surface area contributed by atoms with Gasteiger partial charge in [0.1, 0.15) is 4.70 Å². The average Bonchev–Trinajstić information content (AvgIpc) is 3.04. The summed E-state index contributed by atoms with van der Waals surface area (Å²) in [5.74, 6) is 0.826. The summed E-state index contributed by atoms with van der Waals surface area (Å²) in [6.07, 6.45) is 3.36. The van der Waals surface area contributed by atoms with E-state index in [2.05, 4.69) is 25.8 Å². The SMILES string of the molecule is CC(C)Cn1c(SCC(=O)N2CCCCC2C)nc2ccsc2c1=O. The van der Waals surface area contributed by atoms with Crippen LogP contribution in [0.2, 0.25) is 0 Å². The number of carbonyl (C=O) groups excluding carboxylic acids is 1. The monoisotopic (exact) mass is 379 g/mol. The summed E-state index contributed by atoms with van der Waals surface area (Å²) in [5.41, 5.74) is 0.742. The normalized spacial score (nSPS) is 18.2. The lowest BCUT2D eigenvalue weighted by atomic mass is 10.0. The van der Waals surface area contributed by atoms with E-state index < -0.39 is 0 Å². The average molecular weight is 380 g/mol. The second-order valence-electron chi connectivity index (χ2n) is 7.06. The molecule has 3 heterocycles. The van der Waals surface area contributed by atoms with Crippen LogP contribution in [-0.2, 0) is 11.3 Å². The molecule has 0 aliphatic carbocycles. The van der Waals surface area contributed by atoms with Gasteiger partial charge in [-0.25, -0.2) is 4.98 Å². The van der Waals surface area contributed by atoms with Gasteiger partial charge in [0.2, 0.25) is 5.91 Å². The summed E-state index contributed by atoms with van der Waals surface area (Å²) in [6.45, 7) is 7.75. The Balaban J connectivity index is 1.82. The predicted molar refractivity (Wildman–Crippen MR) is 104 cm³/mol. The van der Waals surface area contributed by atoms with Gasteiger partial charge in [-0.3, -0.25) is 14.2 Å². The largest absolute Gasteiger partial charge is 0.339 e. The molecule has 0 spiro atoms. The molecule has 1 unspecified atom stereocenters. The minimum Gasteiger partial charge on any atom is -0.339 e. The van der Waals surface area contributed by atoms with Gasteiger partial charge >= 0.3 is 0 Å². The molecule has 0 radical (unpaired) electrons. The Labute approximate surface area is 156 Å². The first kappa shape index (κ1) is 18.5. The number of thiophene rings is 1. The molecule has 5 nitrogen and oxygen atoms in total. The minimum absolute atomic E-state index is 0.00925. The zero-order chi connectivity index (χ0) is 18.0. The number of aromatic nitrogens is 2. The highest BCUT2D eigenvalue weighted by Crippen LogP contribution is 2.23. The van der Waals surface area contributed by atoms with Crippen LogP contribution in [-0.4, -0.2) is 38.7 Å². The van der Waals surface area contributed by atoms with Crippen molar-refractivity contribution in [2.45, 2.75) is 57.8 Å². The summed E-state index contributed by atoms with van der Waals surface area (Å²) < 4.78 is 2.43. The number of likely N-dealkylation sites (tertiary alicyclic amines) is 1. The molecule has 1 aliphatic heterocycles. The quantitative estimate of drug-likeness (QED) is 0.588. The summed E-state index contributed by atoms with van der Waals surface area (Å²) in [5, 5.41) is 2.55. The topological polar surface area (TPSA) is 55.2 Å². The van der Waals surface area contributed by atoms with Crippen molar-refractivity contribution in [1.29, 1.82) is 0 Å². The Kier molecular flexibility index (Phi) is 5.84. The third-order valence-corrected chi connectivity index (χ3v) is 6.38. The van der Waals surface area contributed by atoms with E-state index in [0.29, 0.717) is 34.1 Å². The summed E-state index contributed by atoms with van der Waals surface area (Å²) >= 11 is 2.82. The summed E-state index contributed by atoms with van der Waals surface area (Å²) in [6, 6.07) is 2.19. The first-order chi connectivity index (χ1) is 12.0.